The first-order valence-electron chi connectivity index (χ1n) is 6.26. The predicted octanol–water partition coefficient (Wildman–Crippen LogP) is 3.87. The van der Waals surface area contributed by atoms with E-state index < -0.39 is 19.9 Å². The zero-order valence-electron chi connectivity index (χ0n) is 11.9. The Kier molecular flexibility index (Phi) is 3.14. The number of hydrogen-bond donors (Lipinski definition) is 0. The molecule has 102 valence electrons. The van der Waals surface area contributed by atoms with Gasteiger partial charge < -0.3 is 4.57 Å². The van der Waals surface area contributed by atoms with E-state index in [0.29, 0.717) is 16.3 Å². The van der Waals surface area contributed by atoms with Crippen LogP contribution < -0.4 is 4.57 Å². The zero-order chi connectivity index (χ0) is 14.6. The first-order valence-corrected chi connectivity index (χ1v) is 9.58. The molecule has 0 saturated carbocycles. The molecule has 0 radical (unpaired) electrons. The molecule has 0 fully saturated rings. The number of rotatable bonds is 1. The summed E-state index contributed by atoms with van der Waals surface area (Å²) < 4.78 is 1.74. The van der Waals surface area contributed by atoms with Gasteiger partial charge in [-0.15, -0.1) is 0 Å². The van der Waals surface area contributed by atoms with Gasteiger partial charge in [-0.1, -0.05) is 45.5 Å². The fourth-order valence-corrected chi connectivity index (χ4v) is 4.35. The van der Waals surface area contributed by atoms with Gasteiger partial charge in [0.05, 0.1) is 5.56 Å². The largest absolute Gasteiger partial charge is 0.333 e. The fourth-order valence-electron chi connectivity index (χ4n) is 2.10. The van der Waals surface area contributed by atoms with E-state index in [1.807, 2.05) is 0 Å². The zero-order valence-corrected chi connectivity index (χ0v) is 13.6. The minimum absolute atomic E-state index is 0.0236. The van der Waals surface area contributed by atoms with Gasteiger partial charge in [-0.2, -0.15) is 0 Å². The standard InChI is InChI=1S/C14H18ClNO2Si/c1-14(2,3)19(4,5)16-11-7-6-9(15)8-10(11)12(17)13(16)18/h6-8H,1-5H3. The van der Waals surface area contributed by atoms with E-state index >= 15 is 0 Å². The Morgan fingerprint density at radius 1 is 1.16 bits per heavy atom. The molecule has 1 heterocycles. The molecular weight excluding hydrogens is 278 g/mol. The molecular formula is C14H18ClNO2Si. The van der Waals surface area contributed by atoms with Crippen LogP contribution in [-0.2, 0) is 4.79 Å². The topological polar surface area (TPSA) is 37.4 Å². The molecule has 19 heavy (non-hydrogen) atoms. The normalized spacial score (nSPS) is 16.0. The maximum absolute atomic E-state index is 12.3. The van der Waals surface area contributed by atoms with Crippen molar-refractivity contribution in [3.63, 3.8) is 0 Å². The highest BCUT2D eigenvalue weighted by Crippen LogP contribution is 2.44. The van der Waals surface area contributed by atoms with E-state index in [4.69, 9.17) is 11.6 Å². The summed E-state index contributed by atoms with van der Waals surface area (Å²) in [4.78, 5) is 24.4. The Morgan fingerprint density at radius 3 is 2.26 bits per heavy atom. The van der Waals surface area contributed by atoms with Crippen LogP contribution in [0.3, 0.4) is 0 Å². The second kappa shape index (κ2) is 4.18. The summed E-state index contributed by atoms with van der Waals surface area (Å²) in [7, 11) is -2.13. The van der Waals surface area contributed by atoms with Crippen molar-refractivity contribution in [1.82, 2.24) is 0 Å². The number of Topliss-reactive ketones (excluding diaryl/α,β-unsaturated/α-hetero) is 1. The average molecular weight is 296 g/mol. The fraction of sp³-hybridized carbons (Fsp3) is 0.429. The second-order valence-corrected chi connectivity index (χ2v) is 11.9. The highest BCUT2D eigenvalue weighted by atomic mass is 35.5. The van der Waals surface area contributed by atoms with Crippen LogP contribution in [0.5, 0.6) is 0 Å². The Morgan fingerprint density at radius 2 is 1.74 bits per heavy atom. The molecule has 0 unspecified atom stereocenters. The van der Waals surface area contributed by atoms with Crippen molar-refractivity contribution in [2.45, 2.75) is 38.9 Å². The minimum Gasteiger partial charge on any atom is -0.333 e. The summed E-state index contributed by atoms with van der Waals surface area (Å²) in [5.41, 5.74) is 1.15. The van der Waals surface area contributed by atoms with Gasteiger partial charge in [0, 0.05) is 10.7 Å². The Bertz CT molecular complexity index is 575. The lowest BCUT2D eigenvalue weighted by molar-refractivity contribution is -0.113. The van der Waals surface area contributed by atoms with Crippen molar-refractivity contribution in [3.8, 4) is 0 Å². The van der Waals surface area contributed by atoms with Gasteiger partial charge in [0.25, 0.3) is 11.7 Å². The van der Waals surface area contributed by atoms with Crippen LogP contribution in [0.1, 0.15) is 31.1 Å². The van der Waals surface area contributed by atoms with Crippen molar-refractivity contribution in [1.29, 1.82) is 0 Å². The van der Waals surface area contributed by atoms with Gasteiger partial charge in [0.15, 0.2) is 8.24 Å². The molecule has 0 atom stereocenters. The van der Waals surface area contributed by atoms with E-state index in [0.717, 1.165) is 0 Å². The molecule has 1 aliphatic rings. The number of carbonyl (C=O) groups is 2. The van der Waals surface area contributed by atoms with Crippen molar-refractivity contribution in [3.05, 3.63) is 28.8 Å². The number of hydrogen-bond acceptors (Lipinski definition) is 2. The molecule has 0 saturated heterocycles. The number of carbonyl (C=O) groups excluding carboxylic acids is 2. The monoisotopic (exact) mass is 295 g/mol. The molecule has 3 nitrogen and oxygen atoms in total. The number of nitrogens with zero attached hydrogens (tertiary/aromatic N) is 1. The van der Waals surface area contributed by atoms with Crippen molar-refractivity contribution in [2.75, 3.05) is 4.57 Å². The molecule has 1 aliphatic heterocycles. The predicted molar refractivity (Wildman–Crippen MR) is 80.5 cm³/mol. The molecule has 0 aliphatic carbocycles. The molecule has 0 bridgehead atoms. The number of anilines is 1. The average Bonchev–Trinajstić information content (AvgIpc) is 2.51. The molecule has 0 N–H and O–H groups in total. The van der Waals surface area contributed by atoms with Crippen molar-refractivity contribution in [2.24, 2.45) is 0 Å². The van der Waals surface area contributed by atoms with Gasteiger partial charge in [-0.25, -0.2) is 0 Å². The van der Waals surface area contributed by atoms with E-state index in [-0.39, 0.29) is 5.04 Å². The second-order valence-electron chi connectivity index (χ2n) is 6.44. The van der Waals surface area contributed by atoms with Gasteiger partial charge >= 0.3 is 0 Å². The lowest BCUT2D eigenvalue weighted by Gasteiger charge is -2.43. The van der Waals surface area contributed by atoms with Crippen molar-refractivity contribution < 1.29 is 9.59 Å². The lowest BCUT2D eigenvalue weighted by atomic mass is 10.1. The molecule has 0 spiro atoms. The van der Waals surface area contributed by atoms with Crippen LogP contribution in [0, 0.1) is 0 Å². The Hall–Kier alpha value is -1.13. The van der Waals surface area contributed by atoms with Crippen molar-refractivity contribution >= 4 is 37.2 Å². The van der Waals surface area contributed by atoms with Crippen LogP contribution >= 0.6 is 11.6 Å². The van der Waals surface area contributed by atoms with Gasteiger partial charge in [0.2, 0.25) is 0 Å². The number of benzene rings is 1. The van der Waals surface area contributed by atoms with Crippen LogP contribution in [0.2, 0.25) is 23.2 Å². The van der Waals surface area contributed by atoms with Crippen LogP contribution in [0.4, 0.5) is 5.69 Å². The highest BCUT2D eigenvalue weighted by Gasteiger charge is 2.50. The molecule has 5 heteroatoms. The summed E-state index contributed by atoms with van der Waals surface area (Å²) in [5, 5.41) is 0.460. The van der Waals surface area contributed by atoms with E-state index in [9.17, 15) is 9.59 Å². The van der Waals surface area contributed by atoms with Gasteiger partial charge in [-0.3, -0.25) is 9.59 Å². The lowest BCUT2D eigenvalue weighted by Crippen LogP contribution is -2.57. The van der Waals surface area contributed by atoms with Gasteiger partial charge in [-0.05, 0) is 23.2 Å². The van der Waals surface area contributed by atoms with Gasteiger partial charge in [0.1, 0.15) is 0 Å². The summed E-state index contributed by atoms with van der Waals surface area (Å²) >= 11 is 5.92. The van der Waals surface area contributed by atoms with Crippen LogP contribution in [-0.4, -0.2) is 19.9 Å². The van der Waals surface area contributed by atoms with Crippen LogP contribution in [0.15, 0.2) is 18.2 Å². The number of fused-ring (bicyclic) bond motifs is 1. The maximum Gasteiger partial charge on any atom is 0.291 e. The summed E-state index contributed by atoms with van der Waals surface area (Å²) in [6.07, 6.45) is 0. The Labute approximate surface area is 119 Å². The smallest absolute Gasteiger partial charge is 0.291 e. The summed E-state index contributed by atoms with van der Waals surface area (Å²) in [6.45, 7) is 10.6. The quantitative estimate of drug-likeness (QED) is 0.582. The number of halogens is 1. The summed E-state index contributed by atoms with van der Waals surface area (Å²) in [5.74, 6) is -0.855. The third-order valence-corrected chi connectivity index (χ3v) is 9.70. The highest BCUT2D eigenvalue weighted by molar-refractivity contribution is 6.90. The van der Waals surface area contributed by atoms with Crippen LogP contribution in [0.25, 0.3) is 0 Å². The molecule has 1 amide bonds. The molecule has 0 aromatic heterocycles. The third kappa shape index (κ3) is 2.03. The molecule has 1 aromatic rings. The first-order chi connectivity index (χ1) is 8.57. The number of amides is 1. The molecule has 1 aromatic carbocycles. The molecule has 2 rings (SSSR count). The maximum atomic E-state index is 12.3. The van der Waals surface area contributed by atoms with E-state index in [1.165, 1.54) is 0 Å². The minimum atomic E-state index is -2.13. The SMILES string of the molecule is CC(C)(C)[Si](C)(C)N1C(=O)C(=O)c2cc(Cl)ccc21. The number of ketones is 1. The first kappa shape index (κ1) is 14.3. The van der Waals surface area contributed by atoms with E-state index in [2.05, 4.69) is 33.9 Å². The Balaban J connectivity index is 2.63. The van der Waals surface area contributed by atoms with E-state index in [1.54, 1.807) is 22.8 Å². The third-order valence-electron chi connectivity index (χ3n) is 4.24. The summed E-state index contributed by atoms with van der Waals surface area (Å²) in [6, 6.07) is 5.09.